The quantitative estimate of drug-likeness (QED) is 0.575. The van der Waals surface area contributed by atoms with Crippen LogP contribution in [0.15, 0.2) is 52.9 Å². The number of nitrogens with zero attached hydrogens (tertiary/aromatic N) is 2. The van der Waals surface area contributed by atoms with Crippen LogP contribution in [0, 0.1) is 6.92 Å². The zero-order chi connectivity index (χ0) is 18.1. The minimum Gasteiger partial charge on any atom is -0.497 e. The number of carbonyl (C=O) groups is 1. The second-order valence-electron chi connectivity index (χ2n) is 5.60. The molecule has 0 bridgehead atoms. The highest BCUT2D eigenvalue weighted by Crippen LogP contribution is 2.30. The smallest absolute Gasteiger partial charge is 0.279 e. The van der Waals surface area contributed by atoms with Gasteiger partial charge in [-0.05, 0) is 37.3 Å². The van der Waals surface area contributed by atoms with Crippen molar-refractivity contribution in [1.82, 2.24) is 9.97 Å². The highest BCUT2D eigenvalue weighted by Gasteiger charge is 2.19. The van der Waals surface area contributed by atoms with Crippen molar-refractivity contribution in [1.29, 1.82) is 0 Å². The number of aryl methyl sites for hydroxylation is 1. The van der Waals surface area contributed by atoms with Crippen molar-refractivity contribution in [3.63, 3.8) is 0 Å². The Bertz CT molecular complexity index is 1090. The number of anilines is 1. The van der Waals surface area contributed by atoms with Crippen LogP contribution in [0.4, 0.5) is 5.13 Å². The maximum atomic E-state index is 12.6. The molecule has 0 atom stereocenters. The summed E-state index contributed by atoms with van der Waals surface area (Å²) in [5.74, 6) is 1.28. The summed E-state index contributed by atoms with van der Waals surface area (Å²) in [6, 6.07) is 15.0. The number of fused-ring (bicyclic) bond motifs is 1. The molecule has 1 N–H and O–H groups in total. The van der Waals surface area contributed by atoms with E-state index in [-0.39, 0.29) is 11.6 Å². The molecule has 0 saturated carbocycles. The highest BCUT2D eigenvalue weighted by molar-refractivity contribution is 7.22. The van der Waals surface area contributed by atoms with Crippen LogP contribution >= 0.6 is 11.3 Å². The lowest BCUT2D eigenvalue weighted by atomic mass is 10.2. The van der Waals surface area contributed by atoms with Crippen molar-refractivity contribution in [2.24, 2.45) is 0 Å². The van der Waals surface area contributed by atoms with Gasteiger partial charge >= 0.3 is 0 Å². The Labute approximate surface area is 153 Å². The summed E-state index contributed by atoms with van der Waals surface area (Å²) in [4.78, 5) is 21.3. The summed E-state index contributed by atoms with van der Waals surface area (Å²) in [5, 5.41) is 3.30. The summed E-state index contributed by atoms with van der Waals surface area (Å²) >= 11 is 1.38. The number of amides is 1. The summed E-state index contributed by atoms with van der Waals surface area (Å²) in [6.45, 7) is 1.72. The van der Waals surface area contributed by atoms with Gasteiger partial charge in [-0.2, -0.15) is 0 Å². The average molecular weight is 365 g/mol. The van der Waals surface area contributed by atoms with Crippen molar-refractivity contribution in [3.05, 3.63) is 60.0 Å². The number of ether oxygens (including phenoxy) is 1. The molecule has 4 aromatic rings. The number of methoxy groups -OCH3 is 1. The zero-order valence-corrected chi connectivity index (χ0v) is 15.0. The van der Waals surface area contributed by atoms with Crippen LogP contribution in [0.1, 0.15) is 16.2 Å². The first-order valence-electron chi connectivity index (χ1n) is 7.93. The van der Waals surface area contributed by atoms with Crippen molar-refractivity contribution in [2.45, 2.75) is 6.92 Å². The molecule has 0 saturated heterocycles. The summed E-state index contributed by atoms with van der Waals surface area (Å²) in [5.41, 5.74) is 1.87. The molecule has 0 spiro atoms. The van der Waals surface area contributed by atoms with Gasteiger partial charge in [-0.1, -0.05) is 29.5 Å². The van der Waals surface area contributed by atoms with E-state index in [1.165, 1.54) is 11.3 Å². The fraction of sp³-hybridized carbons (Fsp3) is 0.105. The van der Waals surface area contributed by atoms with E-state index in [1.54, 1.807) is 14.0 Å². The average Bonchev–Trinajstić information content (AvgIpc) is 3.24. The largest absolute Gasteiger partial charge is 0.497 e. The summed E-state index contributed by atoms with van der Waals surface area (Å²) in [7, 11) is 1.61. The van der Waals surface area contributed by atoms with E-state index >= 15 is 0 Å². The number of carbonyl (C=O) groups excluding carboxylic acids is 1. The topological polar surface area (TPSA) is 77.2 Å². The second-order valence-corrected chi connectivity index (χ2v) is 6.63. The first-order chi connectivity index (χ1) is 12.6. The number of nitrogens with one attached hydrogen (secondary N) is 1. The van der Waals surface area contributed by atoms with E-state index < -0.39 is 0 Å². The SMILES string of the molecule is COc1ccc2nc(NC(=O)c3nc(-c4ccccc4)oc3C)sc2c1. The third-order valence-electron chi connectivity index (χ3n) is 3.85. The number of benzene rings is 2. The number of rotatable bonds is 4. The van der Waals surface area contributed by atoms with Gasteiger partial charge in [0.25, 0.3) is 5.91 Å². The van der Waals surface area contributed by atoms with E-state index in [0.29, 0.717) is 16.8 Å². The normalized spacial score (nSPS) is 10.8. The van der Waals surface area contributed by atoms with Gasteiger partial charge in [0.05, 0.1) is 17.3 Å². The Morgan fingerprint density at radius 2 is 1.96 bits per heavy atom. The number of hydrogen-bond acceptors (Lipinski definition) is 6. The van der Waals surface area contributed by atoms with E-state index in [4.69, 9.17) is 9.15 Å². The molecule has 7 heteroatoms. The number of aromatic nitrogens is 2. The molecule has 2 aromatic heterocycles. The standard InChI is InChI=1S/C19H15N3O3S/c1-11-16(21-18(25-11)12-6-4-3-5-7-12)17(23)22-19-20-14-9-8-13(24-2)10-15(14)26-19/h3-10H,1-2H3,(H,20,22,23). The fourth-order valence-corrected chi connectivity index (χ4v) is 3.44. The zero-order valence-electron chi connectivity index (χ0n) is 14.1. The number of hydrogen-bond donors (Lipinski definition) is 1. The van der Waals surface area contributed by atoms with E-state index in [0.717, 1.165) is 21.5 Å². The maximum Gasteiger partial charge on any atom is 0.279 e. The van der Waals surface area contributed by atoms with Gasteiger partial charge in [0.2, 0.25) is 5.89 Å². The van der Waals surface area contributed by atoms with Crippen molar-refractivity contribution < 1.29 is 13.9 Å². The molecule has 0 aliphatic carbocycles. The molecule has 6 nitrogen and oxygen atoms in total. The van der Waals surface area contributed by atoms with Gasteiger partial charge < -0.3 is 9.15 Å². The predicted molar refractivity (Wildman–Crippen MR) is 101 cm³/mol. The van der Waals surface area contributed by atoms with Crippen LogP contribution < -0.4 is 10.1 Å². The Morgan fingerprint density at radius 1 is 1.15 bits per heavy atom. The second kappa shape index (κ2) is 6.61. The van der Waals surface area contributed by atoms with Crippen molar-refractivity contribution in [2.75, 3.05) is 12.4 Å². The highest BCUT2D eigenvalue weighted by atomic mass is 32.1. The van der Waals surface area contributed by atoms with Crippen molar-refractivity contribution >= 4 is 32.6 Å². The van der Waals surface area contributed by atoms with Crippen LogP contribution in [-0.2, 0) is 0 Å². The minimum atomic E-state index is -0.348. The number of oxazole rings is 1. The van der Waals surface area contributed by atoms with Gasteiger partial charge in [0, 0.05) is 5.56 Å². The van der Waals surface area contributed by atoms with Gasteiger partial charge in [-0.3, -0.25) is 10.1 Å². The molecule has 26 heavy (non-hydrogen) atoms. The monoisotopic (exact) mass is 365 g/mol. The summed E-state index contributed by atoms with van der Waals surface area (Å²) < 4.78 is 11.8. The molecule has 130 valence electrons. The molecule has 2 aromatic carbocycles. The first-order valence-corrected chi connectivity index (χ1v) is 8.74. The Balaban J connectivity index is 1.59. The van der Waals surface area contributed by atoms with Gasteiger partial charge in [-0.15, -0.1) is 0 Å². The molecule has 0 radical (unpaired) electrons. The van der Waals surface area contributed by atoms with E-state index in [1.807, 2.05) is 48.5 Å². The number of thiazole rings is 1. The lowest BCUT2D eigenvalue weighted by Crippen LogP contribution is -2.13. The third kappa shape index (κ3) is 3.04. The van der Waals surface area contributed by atoms with Crippen LogP contribution in [0.3, 0.4) is 0 Å². The van der Waals surface area contributed by atoms with Crippen molar-refractivity contribution in [3.8, 4) is 17.2 Å². The predicted octanol–water partition coefficient (Wildman–Crippen LogP) is 4.52. The first kappa shape index (κ1) is 16.3. The lowest BCUT2D eigenvalue weighted by molar-refractivity contribution is 0.102. The lowest BCUT2D eigenvalue weighted by Gasteiger charge is -1.97. The molecule has 1 amide bonds. The van der Waals surface area contributed by atoms with Crippen LogP contribution in [0.25, 0.3) is 21.7 Å². The molecule has 4 rings (SSSR count). The van der Waals surface area contributed by atoms with Gasteiger partial charge in [-0.25, -0.2) is 9.97 Å². The molecule has 0 unspecified atom stereocenters. The molecular formula is C19H15N3O3S. The molecule has 0 fully saturated rings. The van der Waals surface area contributed by atoms with Crippen LogP contribution in [0.5, 0.6) is 5.75 Å². The van der Waals surface area contributed by atoms with Gasteiger partial charge in [0.15, 0.2) is 10.8 Å². The van der Waals surface area contributed by atoms with Crippen LogP contribution in [-0.4, -0.2) is 23.0 Å². The fourth-order valence-electron chi connectivity index (χ4n) is 2.55. The molecular weight excluding hydrogens is 350 g/mol. The van der Waals surface area contributed by atoms with Crippen LogP contribution in [0.2, 0.25) is 0 Å². The molecule has 0 aliphatic rings. The Morgan fingerprint density at radius 3 is 2.73 bits per heavy atom. The Hall–Kier alpha value is -3.19. The van der Waals surface area contributed by atoms with Gasteiger partial charge in [0.1, 0.15) is 11.5 Å². The van der Waals surface area contributed by atoms with E-state index in [9.17, 15) is 4.79 Å². The summed E-state index contributed by atoms with van der Waals surface area (Å²) in [6.07, 6.45) is 0. The Kier molecular flexibility index (Phi) is 4.14. The molecule has 0 aliphatic heterocycles. The molecule has 2 heterocycles. The third-order valence-corrected chi connectivity index (χ3v) is 4.78. The maximum absolute atomic E-state index is 12.6. The minimum absolute atomic E-state index is 0.251. The van der Waals surface area contributed by atoms with E-state index in [2.05, 4.69) is 15.3 Å².